The highest BCUT2D eigenvalue weighted by molar-refractivity contribution is 7.99. The molecular formula is C6H14OS. The van der Waals surface area contributed by atoms with Crippen LogP contribution in [0.5, 0.6) is 0 Å². The van der Waals surface area contributed by atoms with Crippen LogP contribution in [0.3, 0.4) is 0 Å². The molecule has 0 aliphatic heterocycles. The van der Waals surface area contributed by atoms with Crippen LogP contribution in [0.25, 0.3) is 0 Å². The second kappa shape index (κ2) is 4.21. The zero-order valence-corrected chi connectivity index (χ0v) is 6.53. The third-order valence-electron chi connectivity index (χ3n) is 1.46. The normalized spacial score (nSPS) is 18.0. The molecule has 8 heavy (non-hydrogen) atoms. The van der Waals surface area contributed by atoms with Crippen LogP contribution < -0.4 is 0 Å². The summed E-state index contributed by atoms with van der Waals surface area (Å²) in [4.78, 5) is 0. The van der Waals surface area contributed by atoms with E-state index < -0.39 is 0 Å². The Labute approximate surface area is 55.5 Å². The van der Waals surface area contributed by atoms with E-state index in [0.717, 1.165) is 0 Å². The quantitative estimate of drug-likeness (QED) is 0.629. The second-order valence-electron chi connectivity index (χ2n) is 2.10. The molecule has 0 aromatic rings. The Morgan fingerprint density at radius 3 is 2.12 bits per heavy atom. The van der Waals surface area contributed by atoms with E-state index in [9.17, 15) is 0 Å². The first-order valence-corrected chi connectivity index (χ1v) is 4.14. The molecule has 0 amide bonds. The van der Waals surface area contributed by atoms with Crippen molar-refractivity contribution in [3.63, 3.8) is 0 Å². The maximum Gasteiger partial charge on any atom is 0.0467 e. The highest BCUT2D eigenvalue weighted by Gasteiger charge is 2.07. The molecule has 0 aromatic carbocycles. The van der Waals surface area contributed by atoms with Gasteiger partial charge < -0.3 is 5.11 Å². The van der Waals surface area contributed by atoms with Crippen molar-refractivity contribution in [1.29, 1.82) is 0 Å². The molecule has 0 aromatic heterocycles. The number of aliphatic hydroxyl groups is 1. The van der Waals surface area contributed by atoms with Gasteiger partial charge in [-0.25, -0.2) is 0 Å². The van der Waals surface area contributed by atoms with Gasteiger partial charge in [0.2, 0.25) is 0 Å². The predicted octanol–water partition coefficient (Wildman–Crippen LogP) is 1.37. The predicted molar refractivity (Wildman–Crippen MR) is 39.2 cm³/mol. The van der Waals surface area contributed by atoms with Gasteiger partial charge in [-0.05, 0) is 12.2 Å². The van der Waals surface area contributed by atoms with Crippen LogP contribution in [0.4, 0.5) is 0 Å². The van der Waals surface area contributed by atoms with E-state index in [4.69, 9.17) is 5.11 Å². The van der Waals surface area contributed by atoms with E-state index in [1.807, 2.05) is 0 Å². The highest BCUT2D eigenvalue weighted by atomic mass is 32.2. The van der Waals surface area contributed by atoms with Gasteiger partial charge in [0.05, 0.1) is 0 Å². The summed E-state index contributed by atoms with van der Waals surface area (Å²) in [5.41, 5.74) is 0. The van der Waals surface area contributed by atoms with Gasteiger partial charge in [-0.15, -0.1) is 0 Å². The zero-order valence-electron chi connectivity index (χ0n) is 5.72. The summed E-state index contributed by atoms with van der Waals surface area (Å²) >= 11 is 1.80. The summed E-state index contributed by atoms with van der Waals surface area (Å²) in [6, 6.07) is 0. The lowest BCUT2D eigenvalue weighted by Crippen LogP contribution is -2.13. The van der Waals surface area contributed by atoms with Crippen molar-refractivity contribution >= 4 is 11.8 Å². The standard InChI is InChI=1S/C6H14OS/c1-5(4-7)6(2)8-3/h5-7H,4H2,1-3H3. The molecule has 0 saturated heterocycles. The summed E-state index contributed by atoms with van der Waals surface area (Å²) in [5.74, 6) is 0.435. The largest absolute Gasteiger partial charge is 0.396 e. The van der Waals surface area contributed by atoms with Crippen molar-refractivity contribution in [3.05, 3.63) is 0 Å². The van der Waals surface area contributed by atoms with Crippen molar-refractivity contribution in [2.75, 3.05) is 12.9 Å². The zero-order chi connectivity index (χ0) is 6.57. The fourth-order valence-corrected chi connectivity index (χ4v) is 0.931. The molecule has 0 rings (SSSR count). The fourth-order valence-electron chi connectivity index (χ4n) is 0.381. The molecule has 0 bridgehead atoms. The van der Waals surface area contributed by atoms with Crippen molar-refractivity contribution in [2.45, 2.75) is 19.1 Å². The first kappa shape index (κ1) is 8.31. The molecule has 2 atom stereocenters. The maximum absolute atomic E-state index is 8.62. The minimum Gasteiger partial charge on any atom is -0.396 e. The number of rotatable bonds is 3. The van der Waals surface area contributed by atoms with Crippen molar-refractivity contribution < 1.29 is 5.11 Å². The van der Waals surface area contributed by atoms with Gasteiger partial charge in [-0.3, -0.25) is 0 Å². The maximum atomic E-state index is 8.62. The van der Waals surface area contributed by atoms with Crippen LogP contribution in [0, 0.1) is 5.92 Å². The minimum atomic E-state index is 0.308. The Kier molecular flexibility index (Phi) is 4.38. The number of aliphatic hydroxyl groups excluding tert-OH is 1. The molecule has 0 heterocycles. The summed E-state index contributed by atoms with van der Waals surface area (Å²) in [6.07, 6.45) is 2.07. The summed E-state index contributed by atoms with van der Waals surface area (Å²) in [5, 5.41) is 9.21. The Hall–Kier alpha value is 0.310. The molecule has 0 aliphatic carbocycles. The average molecular weight is 134 g/mol. The van der Waals surface area contributed by atoms with Crippen LogP contribution in [-0.2, 0) is 0 Å². The second-order valence-corrected chi connectivity index (χ2v) is 3.32. The van der Waals surface area contributed by atoms with Crippen LogP contribution in [0.1, 0.15) is 13.8 Å². The number of thioether (sulfide) groups is 1. The minimum absolute atomic E-state index is 0.308. The lowest BCUT2D eigenvalue weighted by Gasteiger charge is -2.13. The molecule has 0 fully saturated rings. The van der Waals surface area contributed by atoms with Gasteiger partial charge in [0, 0.05) is 11.9 Å². The van der Waals surface area contributed by atoms with Gasteiger partial charge in [0.25, 0.3) is 0 Å². The molecule has 0 spiro atoms. The molecule has 2 heteroatoms. The topological polar surface area (TPSA) is 20.2 Å². The van der Waals surface area contributed by atoms with Gasteiger partial charge in [-0.1, -0.05) is 13.8 Å². The monoisotopic (exact) mass is 134 g/mol. The highest BCUT2D eigenvalue weighted by Crippen LogP contribution is 2.14. The molecule has 50 valence electrons. The van der Waals surface area contributed by atoms with E-state index in [-0.39, 0.29) is 0 Å². The summed E-state index contributed by atoms with van der Waals surface area (Å²) in [7, 11) is 0. The lowest BCUT2D eigenvalue weighted by atomic mass is 10.1. The van der Waals surface area contributed by atoms with Gasteiger partial charge >= 0.3 is 0 Å². The van der Waals surface area contributed by atoms with E-state index in [1.165, 1.54) is 0 Å². The van der Waals surface area contributed by atoms with Crippen LogP contribution in [0.15, 0.2) is 0 Å². The fraction of sp³-hybridized carbons (Fsp3) is 1.00. The third kappa shape index (κ3) is 2.58. The summed E-state index contributed by atoms with van der Waals surface area (Å²) in [6.45, 7) is 4.49. The van der Waals surface area contributed by atoms with Crippen molar-refractivity contribution in [1.82, 2.24) is 0 Å². The van der Waals surface area contributed by atoms with E-state index in [0.29, 0.717) is 17.8 Å². The smallest absolute Gasteiger partial charge is 0.0467 e. The van der Waals surface area contributed by atoms with Crippen LogP contribution in [0.2, 0.25) is 0 Å². The number of hydrogen-bond acceptors (Lipinski definition) is 2. The molecule has 0 radical (unpaired) electrons. The Morgan fingerprint density at radius 2 is 2.00 bits per heavy atom. The van der Waals surface area contributed by atoms with Gasteiger partial charge in [0.15, 0.2) is 0 Å². The van der Waals surface area contributed by atoms with Crippen LogP contribution >= 0.6 is 11.8 Å². The molecule has 0 aliphatic rings. The third-order valence-corrected chi connectivity index (χ3v) is 2.67. The molecule has 1 N–H and O–H groups in total. The Bertz CT molecular complexity index is 48.5. The van der Waals surface area contributed by atoms with Gasteiger partial charge in [-0.2, -0.15) is 11.8 Å². The average Bonchev–Trinajstić information content (AvgIpc) is 1.84. The molecule has 2 unspecified atom stereocenters. The molecule has 1 nitrogen and oxygen atoms in total. The Balaban J connectivity index is 3.29. The molecular weight excluding hydrogens is 120 g/mol. The number of hydrogen-bond donors (Lipinski definition) is 1. The summed E-state index contributed by atoms with van der Waals surface area (Å²) < 4.78 is 0. The first-order valence-electron chi connectivity index (χ1n) is 2.86. The molecule has 0 saturated carbocycles. The van der Waals surface area contributed by atoms with Crippen molar-refractivity contribution in [2.24, 2.45) is 5.92 Å². The SMILES string of the molecule is CSC(C)C(C)CO. The van der Waals surface area contributed by atoms with E-state index in [1.54, 1.807) is 11.8 Å². The van der Waals surface area contributed by atoms with E-state index >= 15 is 0 Å². The lowest BCUT2D eigenvalue weighted by molar-refractivity contribution is 0.237. The van der Waals surface area contributed by atoms with E-state index in [2.05, 4.69) is 20.1 Å². The van der Waals surface area contributed by atoms with Crippen molar-refractivity contribution in [3.8, 4) is 0 Å². The van der Waals surface area contributed by atoms with Gasteiger partial charge in [0.1, 0.15) is 0 Å². The Morgan fingerprint density at radius 1 is 1.50 bits per heavy atom. The first-order chi connectivity index (χ1) is 3.72. The van der Waals surface area contributed by atoms with Crippen LogP contribution in [-0.4, -0.2) is 23.2 Å².